The second-order valence-corrected chi connectivity index (χ2v) is 4.69. The summed E-state index contributed by atoms with van der Waals surface area (Å²) in [4.78, 5) is 15.8. The fraction of sp³-hybridized carbons (Fsp3) is 0.417. The van der Waals surface area contributed by atoms with Crippen molar-refractivity contribution in [1.29, 1.82) is 0 Å². The quantitative estimate of drug-likeness (QED) is 0.910. The summed E-state index contributed by atoms with van der Waals surface area (Å²) in [7, 11) is 0. The Hall–Kier alpha value is -2.18. The van der Waals surface area contributed by atoms with Crippen molar-refractivity contribution >= 4 is 6.03 Å². The van der Waals surface area contributed by atoms with Gasteiger partial charge in [0.15, 0.2) is 5.82 Å². The Morgan fingerprint density at radius 1 is 1.53 bits per heavy atom. The van der Waals surface area contributed by atoms with E-state index in [2.05, 4.69) is 15.4 Å². The van der Waals surface area contributed by atoms with Crippen LogP contribution in [0.2, 0.25) is 0 Å². The third-order valence-corrected chi connectivity index (χ3v) is 3.12. The van der Waals surface area contributed by atoms with E-state index < -0.39 is 5.95 Å². The van der Waals surface area contributed by atoms with Gasteiger partial charge < -0.3 is 5.32 Å². The number of hydrogen-bond acceptors (Lipinski definition) is 3. The zero-order valence-electron chi connectivity index (χ0n) is 10.3. The fourth-order valence-corrected chi connectivity index (χ4v) is 1.85. The largest absolute Gasteiger partial charge is 0.337 e. The summed E-state index contributed by atoms with van der Waals surface area (Å²) in [6.45, 7) is 0.674. The predicted molar refractivity (Wildman–Crippen MR) is 65.4 cm³/mol. The first-order valence-electron chi connectivity index (χ1n) is 6.26. The number of nitrogens with zero attached hydrogens (tertiary/aromatic N) is 4. The second-order valence-electron chi connectivity index (χ2n) is 4.69. The van der Waals surface area contributed by atoms with Gasteiger partial charge in [0.1, 0.15) is 6.33 Å². The van der Waals surface area contributed by atoms with Gasteiger partial charge in [0.25, 0.3) is 0 Å². The maximum Gasteiger partial charge on any atom is 0.326 e. The number of hydrogen-bond donors (Lipinski definition) is 1. The van der Waals surface area contributed by atoms with Gasteiger partial charge in [-0.1, -0.05) is 12.8 Å². The van der Waals surface area contributed by atoms with E-state index in [1.165, 1.54) is 46.9 Å². The lowest BCUT2D eigenvalue weighted by Crippen LogP contribution is -2.28. The summed E-state index contributed by atoms with van der Waals surface area (Å²) in [5.74, 6) is 0.607. The molecule has 19 heavy (non-hydrogen) atoms. The average molecular weight is 263 g/mol. The molecule has 3 rings (SSSR count). The van der Waals surface area contributed by atoms with E-state index >= 15 is 0 Å². The smallest absolute Gasteiger partial charge is 0.326 e. The van der Waals surface area contributed by atoms with Crippen LogP contribution in [0.1, 0.15) is 19.3 Å². The van der Waals surface area contributed by atoms with Crippen molar-refractivity contribution in [2.24, 2.45) is 5.92 Å². The van der Waals surface area contributed by atoms with Crippen molar-refractivity contribution in [3.8, 4) is 5.82 Å². The summed E-state index contributed by atoms with van der Waals surface area (Å²) in [6, 6.07) is 1.00. The number of aromatic nitrogens is 4. The van der Waals surface area contributed by atoms with Crippen molar-refractivity contribution in [3.63, 3.8) is 0 Å². The molecule has 0 saturated heterocycles. The van der Waals surface area contributed by atoms with Crippen molar-refractivity contribution in [2.75, 3.05) is 6.54 Å². The van der Waals surface area contributed by atoms with Crippen LogP contribution in [0, 0.1) is 11.9 Å². The van der Waals surface area contributed by atoms with Gasteiger partial charge in [-0.25, -0.2) is 14.5 Å². The highest BCUT2D eigenvalue weighted by Crippen LogP contribution is 2.31. The van der Waals surface area contributed by atoms with Crippen molar-refractivity contribution in [1.82, 2.24) is 24.6 Å². The molecule has 0 radical (unpaired) electrons. The third kappa shape index (κ3) is 2.81. The van der Waals surface area contributed by atoms with Crippen molar-refractivity contribution in [2.45, 2.75) is 19.3 Å². The topological polar surface area (TPSA) is 64.7 Å². The van der Waals surface area contributed by atoms with E-state index in [1.807, 2.05) is 0 Å². The first-order valence-corrected chi connectivity index (χ1v) is 6.26. The minimum Gasteiger partial charge on any atom is -0.337 e. The lowest BCUT2D eigenvalue weighted by molar-refractivity contribution is 0.242. The van der Waals surface area contributed by atoms with Crippen LogP contribution in [0.3, 0.4) is 0 Å². The van der Waals surface area contributed by atoms with E-state index in [-0.39, 0.29) is 6.03 Å². The summed E-state index contributed by atoms with van der Waals surface area (Å²) >= 11 is 0. The molecule has 2 aromatic rings. The summed E-state index contributed by atoms with van der Waals surface area (Å²) in [5.41, 5.74) is 0. The Bertz CT molecular complexity index is 586. The predicted octanol–water partition coefficient (Wildman–Crippen LogP) is 1.57. The zero-order valence-corrected chi connectivity index (χ0v) is 10.3. The number of nitrogens with one attached hydrogen (secondary N) is 1. The molecule has 6 nitrogen and oxygen atoms in total. The molecule has 2 aromatic heterocycles. The minimum absolute atomic E-state index is 0.230. The Kier molecular flexibility index (Phi) is 3.02. The van der Waals surface area contributed by atoms with Gasteiger partial charge >= 0.3 is 6.03 Å². The number of carbonyl (C=O) groups excluding carboxylic acids is 1. The molecule has 0 aromatic carbocycles. The van der Waals surface area contributed by atoms with E-state index in [0.29, 0.717) is 12.4 Å². The van der Waals surface area contributed by atoms with Crippen LogP contribution < -0.4 is 5.32 Å². The molecule has 1 saturated carbocycles. The zero-order chi connectivity index (χ0) is 13.2. The molecular weight excluding hydrogens is 249 g/mol. The maximum atomic E-state index is 12.8. The van der Waals surface area contributed by atoms with E-state index in [9.17, 15) is 9.18 Å². The van der Waals surface area contributed by atoms with Gasteiger partial charge in [0.05, 0.1) is 6.20 Å². The van der Waals surface area contributed by atoms with Crippen molar-refractivity contribution in [3.05, 3.63) is 30.7 Å². The van der Waals surface area contributed by atoms with Crippen LogP contribution in [0.25, 0.3) is 5.82 Å². The monoisotopic (exact) mass is 263 g/mol. The highest BCUT2D eigenvalue weighted by atomic mass is 19.1. The SMILES string of the molecule is O=C(NCCC1CC1)n1cnc(-n2ccc(F)n2)c1. The van der Waals surface area contributed by atoms with Gasteiger partial charge in [0, 0.05) is 18.8 Å². The lowest BCUT2D eigenvalue weighted by atomic mass is 10.3. The van der Waals surface area contributed by atoms with Crippen molar-refractivity contribution < 1.29 is 9.18 Å². The highest BCUT2D eigenvalue weighted by Gasteiger charge is 2.20. The number of amides is 1. The normalized spacial score (nSPS) is 14.6. The van der Waals surface area contributed by atoms with Crippen LogP contribution in [0.15, 0.2) is 24.8 Å². The Balaban J connectivity index is 1.61. The van der Waals surface area contributed by atoms with Crippen LogP contribution in [-0.4, -0.2) is 31.9 Å². The van der Waals surface area contributed by atoms with E-state index in [0.717, 1.165) is 12.3 Å². The molecule has 1 aliphatic carbocycles. The minimum atomic E-state index is -0.580. The van der Waals surface area contributed by atoms with Gasteiger partial charge in [-0.15, -0.1) is 5.10 Å². The second kappa shape index (κ2) is 4.83. The molecule has 0 unspecified atom stereocenters. The maximum absolute atomic E-state index is 12.8. The molecule has 1 aliphatic rings. The van der Waals surface area contributed by atoms with Crippen LogP contribution >= 0.6 is 0 Å². The van der Waals surface area contributed by atoms with Gasteiger partial charge in [0.2, 0.25) is 5.95 Å². The summed E-state index contributed by atoms with van der Waals surface area (Å²) in [6.07, 6.45) is 7.93. The Morgan fingerprint density at radius 2 is 2.37 bits per heavy atom. The number of rotatable bonds is 4. The molecular formula is C12H14FN5O. The highest BCUT2D eigenvalue weighted by molar-refractivity contribution is 5.76. The molecule has 0 aliphatic heterocycles. The van der Waals surface area contributed by atoms with Crippen LogP contribution in [-0.2, 0) is 0 Å². The fourth-order valence-electron chi connectivity index (χ4n) is 1.85. The van der Waals surface area contributed by atoms with Crippen LogP contribution in [0.4, 0.5) is 9.18 Å². The molecule has 1 N–H and O–H groups in total. The van der Waals surface area contributed by atoms with Gasteiger partial charge in [-0.2, -0.15) is 4.39 Å². The van der Waals surface area contributed by atoms with Crippen LogP contribution in [0.5, 0.6) is 0 Å². The molecule has 7 heteroatoms. The molecule has 0 spiro atoms. The van der Waals surface area contributed by atoms with E-state index in [1.54, 1.807) is 0 Å². The lowest BCUT2D eigenvalue weighted by Gasteiger charge is -2.03. The first kappa shape index (κ1) is 11.9. The standard InChI is InChI=1S/C12H14FN5O/c13-10-4-6-18(16-10)11-7-17(8-15-11)12(19)14-5-3-9-1-2-9/h4,6-9H,1-3,5H2,(H,14,19). The number of halogens is 1. The molecule has 1 amide bonds. The third-order valence-electron chi connectivity index (χ3n) is 3.12. The van der Waals surface area contributed by atoms with E-state index in [4.69, 9.17) is 0 Å². The summed E-state index contributed by atoms with van der Waals surface area (Å²) < 4.78 is 15.4. The van der Waals surface area contributed by atoms with Gasteiger partial charge in [-0.05, 0) is 12.3 Å². The number of carbonyl (C=O) groups is 1. The molecule has 1 fully saturated rings. The summed E-state index contributed by atoms with van der Waals surface area (Å²) in [5, 5.41) is 6.41. The Labute approximate surface area is 109 Å². The molecule has 2 heterocycles. The average Bonchev–Trinajstić information content (AvgIpc) is 2.91. The molecule has 0 atom stereocenters. The molecule has 0 bridgehead atoms. The first-order chi connectivity index (χ1) is 9.22. The Morgan fingerprint density at radius 3 is 3.05 bits per heavy atom. The molecule has 100 valence electrons. The number of imidazole rings is 1. The van der Waals surface area contributed by atoms with Gasteiger partial charge in [-0.3, -0.25) is 4.57 Å².